The first-order valence-corrected chi connectivity index (χ1v) is 15.1. The molecule has 0 saturated heterocycles. The molecule has 0 aliphatic rings. The van der Waals surface area contributed by atoms with E-state index in [4.69, 9.17) is 4.74 Å². The molecule has 0 fully saturated rings. The van der Waals surface area contributed by atoms with Gasteiger partial charge >= 0.3 is 0 Å². The highest BCUT2D eigenvalue weighted by molar-refractivity contribution is 7.10. The number of thiophene rings is 1. The van der Waals surface area contributed by atoms with Gasteiger partial charge < -0.3 is 25.8 Å². The van der Waals surface area contributed by atoms with Gasteiger partial charge in [-0.05, 0) is 79.1 Å². The molecule has 0 radical (unpaired) electrons. The quantitative estimate of drug-likeness (QED) is 0.170. The maximum absolute atomic E-state index is 13.4. The highest BCUT2D eigenvalue weighted by Gasteiger charge is 2.30. The lowest BCUT2D eigenvalue weighted by Crippen LogP contribution is -2.57. The maximum atomic E-state index is 13.4. The summed E-state index contributed by atoms with van der Waals surface area (Å²) in [6.45, 7) is 4.14. The molecule has 0 aliphatic carbocycles. The zero-order valence-corrected chi connectivity index (χ0v) is 25.1. The van der Waals surface area contributed by atoms with E-state index in [0.717, 1.165) is 21.6 Å². The summed E-state index contributed by atoms with van der Waals surface area (Å²) in [7, 11) is 0. The van der Waals surface area contributed by atoms with E-state index >= 15 is 0 Å². The number of aryl methyl sites for hydroxylation is 2. The summed E-state index contributed by atoms with van der Waals surface area (Å²) in [5.74, 6) is -0.921. The van der Waals surface area contributed by atoms with E-state index in [-0.39, 0.29) is 5.91 Å². The molecule has 3 atom stereocenters. The van der Waals surface area contributed by atoms with Gasteiger partial charge in [0.1, 0.15) is 24.4 Å². The first kappa shape index (κ1) is 31.5. The van der Waals surface area contributed by atoms with Gasteiger partial charge in [0.15, 0.2) is 0 Å². The number of benzene rings is 3. The van der Waals surface area contributed by atoms with Crippen LogP contribution in [0, 0.1) is 6.92 Å². The summed E-state index contributed by atoms with van der Waals surface area (Å²) < 4.78 is 5.78. The van der Waals surface area contributed by atoms with Crippen molar-refractivity contribution in [3.05, 3.63) is 124 Å². The van der Waals surface area contributed by atoms with Crippen LogP contribution < -0.4 is 20.7 Å². The molecule has 0 saturated carbocycles. The maximum Gasteiger partial charge on any atom is 0.252 e. The normalized spacial score (nSPS) is 12.9. The first-order valence-electron chi connectivity index (χ1n) is 14.2. The second-order valence-electron chi connectivity index (χ2n) is 10.3. The fourth-order valence-electron chi connectivity index (χ4n) is 4.44. The number of nitrogens with one attached hydrogen (secondary N) is 3. The van der Waals surface area contributed by atoms with Gasteiger partial charge in [-0.15, -0.1) is 11.3 Å². The van der Waals surface area contributed by atoms with Gasteiger partial charge in [0, 0.05) is 10.4 Å². The molecule has 43 heavy (non-hydrogen) atoms. The molecule has 0 aliphatic heterocycles. The molecule has 9 heteroatoms. The minimum absolute atomic E-state index is 0.301. The molecule has 4 aromatic rings. The Morgan fingerprint density at radius 1 is 0.837 bits per heavy atom. The van der Waals surface area contributed by atoms with Crippen LogP contribution >= 0.6 is 11.3 Å². The van der Waals surface area contributed by atoms with Crippen molar-refractivity contribution in [2.75, 3.05) is 0 Å². The predicted molar refractivity (Wildman–Crippen MR) is 168 cm³/mol. The number of hydrogen-bond acceptors (Lipinski definition) is 6. The average Bonchev–Trinajstić information content (AvgIpc) is 3.44. The lowest BCUT2D eigenvalue weighted by atomic mass is 10.0. The van der Waals surface area contributed by atoms with Gasteiger partial charge in [-0.2, -0.15) is 0 Å². The zero-order chi connectivity index (χ0) is 30.6. The van der Waals surface area contributed by atoms with Crippen LogP contribution in [0.5, 0.6) is 5.75 Å². The molecule has 4 rings (SSSR count). The number of aliphatic hydroxyl groups is 1. The Bertz CT molecular complexity index is 1470. The first-order chi connectivity index (χ1) is 20.8. The smallest absolute Gasteiger partial charge is 0.252 e. The highest BCUT2D eigenvalue weighted by atomic mass is 32.1. The fraction of sp³-hybridized carbons (Fsp3) is 0.265. The number of rotatable bonds is 14. The van der Waals surface area contributed by atoms with E-state index in [1.807, 2.05) is 79.0 Å². The largest absolute Gasteiger partial charge is 0.489 e. The topological polar surface area (TPSA) is 117 Å². The van der Waals surface area contributed by atoms with Crippen molar-refractivity contribution < 1.29 is 24.2 Å². The molecular weight excluding hydrogens is 562 g/mol. The summed E-state index contributed by atoms with van der Waals surface area (Å²) in [4.78, 5) is 40.7. The number of carbonyl (C=O) groups is 3. The molecule has 224 valence electrons. The van der Waals surface area contributed by atoms with Gasteiger partial charge in [-0.25, -0.2) is 0 Å². The van der Waals surface area contributed by atoms with Crippen LogP contribution in [0.4, 0.5) is 0 Å². The van der Waals surface area contributed by atoms with Gasteiger partial charge in [-0.1, -0.05) is 60.7 Å². The van der Waals surface area contributed by atoms with E-state index in [9.17, 15) is 19.5 Å². The predicted octanol–water partition coefficient (Wildman–Crippen LogP) is 4.55. The third-order valence-corrected chi connectivity index (χ3v) is 8.03. The highest BCUT2D eigenvalue weighted by Crippen LogP contribution is 2.16. The Labute approximate surface area is 256 Å². The average molecular weight is 600 g/mol. The van der Waals surface area contributed by atoms with Crippen LogP contribution in [0.15, 0.2) is 96.4 Å². The summed E-state index contributed by atoms with van der Waals surface area (Å²) in [6, 6.07) is 25.8. The molecule has 8 nitrogen and oxygen atoms in total. The van der Waals surface area contributed by atoms with Crippen LogP contribution in [0.2, 0.25) is 0 Å². The van der Waals surface area contributed by atoms with Gasteiger partial charge in [-0.3, -0.25) is 14.4 Å². The molecule has 0 spiro atoms. The molecule has 0 bridgehead atoms. The lowest BCUT2D eigenvalue weighted by Gasteiger charge is -2.25. The number of aliphatic hydroxyl groups excluding tert-OH is 1. The van der Waals surface area contributed by atoms with Crippen LogP contribution in [-0.4, -0.2) is 41.0 Å². The van der Waals surface area contributed by atoms with E-state index in [1.54, 1.807) is 35.6 Å². The second kappa shape index (κ2) is 15.7. The number of ether oxygens (including phenoxy) is 1. The molecule has 3 amide bonds. The Morgan fingerprint density at radius 2 is 1.49 bits per heavy atom. The third kappa shape index (κ3) is 9.52. The minimum atomic E-state index is -1.27. The Hall–Kier alpha value is -4.47. The number of hydrogen-bond donors (Lipinski definition) is 4. The van der Waals surface area contributed by atoms with Crippen LogP contribution in [0.3, 0.4) is 0 Å². The van der Waals surface area contributed by atoms with Crippen LogP contribution in [-0.2, 0) is 29.2 Å². The second-order valence-corrected chi connectivity index (χ2v) is 11.3. The van der Waals surface area contributed by atoms with Crippen molar-refractivity contribution in [2.24, 2.45) is 0 Å². The standard InChI is InChI=1S/C34H37N3O5S/c1-23-19-20-43-30(23)21-35-33(40)29(18-13-25-9-5-3-6-10-25)36-34(41)31(24(2)38)37-32(39)27-14-16-28(17-15-27)42-22-26-11-7-4-8-12-26/h3-12,14-17,19-20,24,29,31,38H,13,18,21-22H2,1-2H3,(H,35,40)(H,36,41)(H,37,39)/t24?,29-,31-/m0/s1. The molecule has 4 N–H and O–H groups in total. The van der Waals surface area contributed by atoms with Gasteiger partial charge in [0.25, 0.3) is 5.91 Å². The third-order valence-electron chi connectivity index (χ3n) is 7.01. The van der Waals surface area contributed by atoms with Crippen molar-refractivity contribution in [1.29, 1.82) is 0 Å². The van der Waals surface area contributed by atoms with Crippen LogP contribution in [0.1, 0.15) is 45.3 Å². The monoisotopic (exact) mass is 599 g/mol. The molecular formula is C34H37N3O5S. The zero-order valence-electron chi connectivity index (χ0n) is 24.3. The summed E-state index contributed by atoms with van der Waals surface area (Å²) in [6.07, 6.45) is -0.304. The van der Waals surface area contributed by atoms with Crippen molar-refractivity contribution in [3.63, 3.8) is 0 Å². The van der Waals surface area contributed by atoms with E-state index in [0.29, 0.717) is 37.3 Å². The van der Waals surface area contributed by atoms with Crippen molar-refractivity contribution in [1.82, 2.24) is 16.0 Å². The molecule has 1 aromatic heterocycles. The number of amides is 3. The van der Waals surface area contributed by atoms with Gasteiger partial charge in [0.05, 0.1) is 12.6 Å². The fourth-order valence-corrected chi connectivity index (χ4v) is 5.28. The summed E-state index contributed by atoms with van der Waals surface area (Å²) >= 11 is 1.55. The summed E-state index contributed by atoms with van der Waals surface area (Å²) in [5.41, 5.74) is 3.44. The van der Waals surface area contributed by atoms with Gasteiger partial charge in [0.2, 0.25) is 11.8 Å². The van der Waals surface area contributed by atoms with E-state index in [2.05, 4.69) is 16.0 Å². The Kier molecular flexibility index (Phi) is 11.5. The Morgan fingerprint density at radius 3 is 2.09 bits per heavy atom. The Balaban J connectivity index is 1.38. The van der Waals surface area contributed by atoms with Crippen molar-refractivity contribution in [3.8, 4) is 5.75 Å². The molecule has 1 unspecified atom stereocenters. The van der Waals surface area contributed by atoms with Crippen molar-refractivity contribution in [2.45, 2.75) is 58.0 Å². The molecule has 3 aromatic carbocycles. The number of carbonyl (C=O) groups excluding carboxylic acids is 3. The molecule has 1 heterocycles. The minimum Gasteiger partial charge on any atom is -0.489 e. The van der Waals surface area contributed by atoms with Crippen molar-refractivity contribution >= 4 is 29.1 Å². The summed E-state index contributed by atoms with van der Waals surface area (Å²) in [5, 5.41) is 20.7. The SMILES string of the molecule is Cc1ccsc1CNC(=O)[C@H](CCc1ccccc1)NC(=O)[C@@H](NC(=O)c1ccc(OCc2ccccc2)cc1)C(C)O. The van der Waals surface area contributed by atoms with Crippen LogP contribution in [0.25, 0.3) is 0 Å². The van der Waals surface area contributed by atoms with E-state index in [1.165, 1.54) is 6.92 Å². The lowest BCUT2D eigenvalue weighted by molar-refractivity contribution is -0.131. The van der Waals surface area contributed by atoms with E-state index < -0.39 is 30.0 Å².